The average Bonchev–Trinajstić information content (AvgIpc) is 2.43. The SMILES string of the molecule is COC(=O)[C@@H](NC(=O)[C@H](O)CC(C)C)C1CCCCC1. The molecule has 5 nitrogen and oxygen atoms in total. The van der Waals surface area contributed by atoms with Crippen LogP contribution in [0.5, 0.6) is 0 Å². The van der Waals surface area contributed by atoms with E-state index in [0.29, 0.717) is 6.42 Å². The number of nitrogens with one attached hydrogen (secondary N) is 1. The van der Waals surface area contributed by atoms with Gasteiger partial charge in [-0.25, -0.2) is 4.79 Å². The summed E-state index contributed by atoms with van der Waals surface area (Å²) in [6.07, 6.45) is 4.48. The molecule has 0 bridgehead atoms. The Morgan fingerprint density at radius 3 is 2.35 bits per heavy atom. The predicted molar refractivity (Wildman–Crippen MR) is 76.0 cm³/mol. The van der Waals surface area contributed by atoms with Crippen LogP contribution in [0.25, 0.3) is 0 Å². The molecule has 1 amide bonds. The maximum atomic E-state index is 12.0. The number of amides is 1. The van der Waals surface area contributed by atoms with Crippen LogP contribution in [0.3, 0.4) is 0 Å². The lowest BCUT2D eigenvalue weighted by Gasteiger charge is -2.29. The first-order valence-corrected chi connectivity index (χ1v) is 7.52. The lowest BCUT2D eigenvalue weighted by molar-refractivity contribution is -0.148. The fraction of sp³-hybridized carbons (Fsp3) is 0.867. The number of esters is 1. The van der Waals surface area contributed by atoms with Gasteiger partial charge in [0.05, 0.1) is 7.11 Å². The fourth-order valence-electron chi connectivity index (χ4n) is 2.77. The van der Waals surface area contributed by atoms with E-state index in [2.05, 4.69) is 5.32 Å². The van der Waals surface area contributed by atoms with Crippen LogP contribution in [-0.4, -0.2) is 36.2 Å². The molecule has 0 radical (unpaired) electrons. The molecular weight excluding hydrogens is 258 g/mol. The van der Waals surface area contributed by atoms with E-state index in [-0.39, 0.29) is 11.8 Å². The Labute approximate surface area is 121 Å². The minimum atomic E-state index is -1.06. The van der Waals surface area contributed by atoms with Gasteiger partial charge in [0.15, 0.2) is 0 Å². The van der Waals surface area contributed by atoms with Gasteiger partial charge in [0.1, 0.15) is 12.1 Å². The minimum absolute atomic E-state index is 0.117. The Morgan fingerprint density at radius 1 is 1.25 bits per heavy atom. The molecule has 5 heteroatoms. The number of ether oxygens (including phenoxy) is 1. The van der Waals surface area contributed by atoms with Crippen molar-refractivity contribution in [2.75, 3.05) is 7.11 Å². The number of carbonyl (C=O) groups excluding carboxylic acids is 2. The van der Waals surface area contributed by atoms with E-state index >= 15 is 0 Å². The molecule has 0 aromatic rings. The summed E-state index contributed by atoms with van der Waals surface area (Å²) in [5, 5.41) is 12.5. The van der Waals surface area contributed by atoms with E-state index in [0.717, 1.165) is 25.7 Å². The molecule has 0 unspecified atom stereocenters. The predicted octanol–water partition coefficient (Wildman–Crippen LogP) is 1.63. The molecule has 1 aliphatic carbocycles. The zero-order valence-electron chi connectivity index (χ0n) is 12.7. The number of carbonyl (C=O) groups is 2. The van der Waals surface area contributed by atoms with E-state index < -0.39 is 24.0 Å². The van der Waals surface area contributed by atoms with Crippen LogP contribution < -0.4 is 5.32 Å². The first-order chi connectivity index (χ1) is 9.45. The van der Waals surface area contributed by atoms with Crippen molar-refractivity contribution in [1.29, 1.82) is 0 Å². The number of aliphatic hydroxyl groups is 1. The van der Waals surface area contributed by atoms with E-state index in [1.54, 1.807) is 0 Å². The van der Waals surface area contributed by atoms with Crippen LogP contribution in [0, 0.1) is 11.8 Å². The zero-order valence-corrected chi connectivity index (χ0v) is 12.7. The third-order valence-electron chi connectivity index (χ3n) is 3.87. The Balaban J connectivity index is 2.64. The Morgan fingerprint density at radius 2 is 1.85 bits per heavy atom. The van der Waals surface area contributed by atoms with Gasteiger partial charge in [0, 0.05) is 0 Å². The number of rotatable bonds is 6. The molecule has 0 spiro atoms. The maximum Gasteiger partial charge on any atom is 0.328 e. The second-order valence-corrected chi connectivity index (χ2v) is 6.05. The van der Waals surface area contributed by atoms with Crippen molar-refractivity contribution in [3.63, 3.8) is 0 Å². The van der Waals surface area contributed by atoms with Gasteiger partial charge in [-0.15, -0.1) is 0 Å². The molecule has 0 aromatic heterocycles. The number of aliphatic hydroxyl groups excluding tert-OH is 1. The van der Waals surface area contributed by atoms with Crippen molar-refractivity contribution in [2.45, 2.75) is 64.5 Å². The smallest absolute Gasteiger partial charge is 0.328 e. The molecule has 1 aliphatic rings. The summed E-state index contributed by atoms with van der Waals surface area (Å²) in [6, 6.07) is -0.630. The molecule has 1 fully saturated rings. The zero-order chi connectivity index (χ0) is 15.1. The summed E-state index contributed by atoms with van der Waals surface area (Å²) in [6.45, 7) is 3.88. The van der Waals surface area contributed by atoms with Crippen molar-refractivity contribution in [3.8, 4) is 0 Å². The number of methoxy groups -OCH3 is 1. The number of hydrogen-bond acceptors (Lipinski definition) is 4. The normalized spacial score (nSPS) is 19.4. The standard InChI is InChI=1S/C15H27NO4/c1-10(2)9-12(17)14(18)16-13(15(19)20-3)11-7-5-4-6-8-11/h10-13,17H,4-9H2,1-3H3,(H,16,18)/t12-,13+/m1/s1. The highest BCUT2D eigenvalue weighted by Gasteiger charge is 2.33. The third kappa shape index (κ3) is 5.12. The van der Waals surface area contributed by atoms with E-state index in [1.165, 1.54) is 13.5 Å². The van der Waals surface area contributed by atoms with Gasteiger partial charge in [0.2, 0.25) is 5.91 Å². The topological polar surface area (TPSA) is 75.6 Å². The maximum absolute atomic E-state index is 12.0. The summed E-state index contributed by atoms with van der Waals surface area (Å²) < 4.78 is 4.79. The van der Waals surface area contributed by atoms with Crippen LogP contribution in [0.4, 0.5) is 0 Å². The summed E-state index contributed by atoms with van der Waals surface area (Å²) in [5.41, 5.74) is 0. The van der Waals surface area contributed by atoms with E-state index in [1.807, 2.05) is 13.8 Å². The van der Waals surface area contributed by atoms with Crippen molar-refractivity contribution in [1.82, 2.24) is 5.32 Å². The van der Waals surface area contributed by atoms with Crippen LogP contribution in [-0.2, 0) is 14.3 Å². The van der Waals surface area contributed by atoms with Crippen LogP contribution >= 0.6 is 0 Å². The van der Waals surface area contributed by atoms with E-state index in [4.69, 9.17) is 4.74 Å². The Bertz CT molecular complexity index is 324. The highest BCUT2D eigenvalue weighted by atomic mass is 16.5. The van der Waals surface area contributed by atoms with Crippen LogP contribution in [0.15, 0.2) is 0 Å². The molecule has 2 atom stereocenters. The lowest BCUT2D eigenvalue weighted by Crippen LogP contribution is -2.50. The first-order valence-electron chi connectivity index (χ1n) is 7.52. The van der Waals surface area contributed by atoms with Gasteiger partial charge in [-0.2, -0.15) is 0 Å². The quantitative estimate of drug-likeness (QED) is 0.727. The summed E-state index contributed by atoms with van der Waals surface area (Å²) in [7, 11) is 1.33. The molecular formula is C15H27NO4. The summed E-state index contributed by atoms with van der Waals surface area (Å²) in [5.74, 6) is -0.546. The molecule has 2 N–H and O–H groups in total. The highest BCUT2D eigenvalue weighted by Crippen LogP contribution is 2.27. The summed E-state index contributed by atoms with van der Waals surface area (Å²) >= 11 is 0. The van der Waals surface area contributed by atoms with Crippen LogP contribution in [0.2, 0.25) is 0 Å². The van der Waals surface area contributed by atoms with Gasteiger partial charge in [-0.3, -0.25) is 4.79 Å². The molecule has 1 saturated carbocycles. The Hall–Kier alpha value is -1.10. The minimum Gasteiger partial charge on any atom is -0.467 e. The molecule has 1 rings (SSSR count). The second kappa shape index (κ2) is 8.25. The molecule has 0 aromatic carbocycles. The van der Waals surface area contributed by atoms with Gasteiger partial charge >= 0.3 is 5.97 Å². The molecule has 116 valence electrons. The van der Waals surface area contributed by atoms with Crippen molar-refractivity contribution < 1.29 is 19.4 Å². The van der Waals surface area contributed by atoms with Crippen molar-refractivity contribution in [3.05, 3.63) is 0 Å². The third-order valence-corrected chi connectivity index (χ3v) is 3.87. The van der Waals surface area contributed by atoms with Gasteiger partial charge in [0.25, 0.3) is 0 Å². The van der Waals surface area contributed by atoms with Gasteiger partial charge < -0.3 is 15.2 Å². The fourth-order valence-corrected chi connectivity index (χ4v) is 2.77. The summed E-state index contributed by atoms with van der Waals surface area (Å²) in [4.78, 5) is 23.9. The van der Waals surface area contributed by atoms with Gasteiger partial charge in [-0.05, 0) is 31.1 Å². The van der Waals surface area contributed by atoms with Gasteiger partial charge in [-0.1, -0.05) is 33.1 Å². The molecule has 20 heavy (non-hydrogen) atoms. The largest absolute Gasteiger partial charge is 0.467 e. The number of hydrogen-bond donors (Lipinski definition) is 2. The monoisotopic (exact) mass is 285 g/mol. The second-order valence-electron chi connectivity index (χ2n) is 6.05. The van der Waals surface area contributed by atoms with E-state index in [9.17, 15) is 14.7 Å². The molecule has 0 aliphatic heterocycles. The lowest BCUT2D eigenvalue weighted by atomic mass is 9.83. The van der Waals surface area contributed by atoms with Crippen molar-refractivity contribution >= 4 is 11.9 Å². The van der Waals surface area contributed by atoms with Crippen molar-refractivity contribution in [2.24, 2.45) is 11.8 Å². The average molecular weight is 285 g/mol. The molecule has 0 saturated heterocycles. The highest BCUT2D eigenvalue weighted by molar-refractivity contribution is 5.87. The first kappa shape index (κ1) is 17.0. The molecule has 0 heterocycles. The Kier molecular flexibility index (Phi) is 6.99. The van der Waals surface area contributed by atoms with Crippen LogP contribution in [0.1, 0.15) is 52.4 Å².